The topological polar surface area (TPSA) is 83.3 Å². The summed E-state index contributed by atoms with van der Waals surface area (Å²) in [5, 5.41) is 13.5. The largest absolute Gasteiger partial charge is 0.394 e. The van der Waals surface area contributed by atoms with Gasteiger partial charge in [0, 0.05) is 37.1 Å². The number of nitrogens with one attached hydrogen (secondary N) is 1. The predicted molar refractivity (Wildman–Crippen MR) is 133 cm³/mol. The molecule has 1 fully saturated rings. The monoisotopic (exact) mass is 477 g/mol. The Morgan fingerprint density at radius 3 is 2.74 bits per heavy atom. The van der Waals surface area contributed by atoms with Crippen molar-refractivity contribution in [1.82, 2.24) is 19.4 Å². The minimum atomic E-state index is -0.394. The molecule has 1 aliphatic carbocycles. The Kier molecular flexibility index (Phi) is 6.56. The van der Waals surface area contributed by atoms with Gasteiger partial charge in [0.1, 0.15) is 11.5 Å². The summed E-state index contributed by atoms with van der Waals surface area (Å²) in [4.78, 5) is 24.5. The molecule has 2 N–H and O–H groups in total. The first-order valence-electron chi connectivity index (χ1n) is 12.5. The maximum atomic E-state index is 14.0. The van der Waals surface area contributed by atoms with E-state index in [1.807, 2.05) is 36.9 Å². The lowest BCUT2D eigenvalue weighted by atomic mass is 10.0. The van der Waals surface area contributed by atoms with Gasteiger partial charge in [0.05, 0.1) is 18.3 Å². The van der Waals surface area contributed by atoms with Gasteiger partial charge in [-0.15, -0.1) is 0 Å². The fraction of sp³-hybridized carbons (Fsp3) is 0.444. The normalized spacial score (nSPS) is 18.2. The van der Waals surface area contributed by atoms with Crippen LogP contribution in [-0.2, 0) is 19.5 Å². The molecule has 3 aromatic rings. The zero-order chi connectivity index (χ0) is 24.5. The minimum absolute atomic E-state index is 0.169. The highest BCUT2D eigenvalue weighted by Crippen LogP contribution is 2.30. The Hall–Kier alpha value is -3.26. The van der Waals surface area contributed by atoms with E-state index in [-0.39, 0.29) is 24.9 Å². The van der Waals surface area contributed by atoms with Gasteiger partial charge in [-0.2, -0.15) is 0 Å². The van der Waals surface area contributed by atoms with Crippen molar-refractivity contribution < 1.29 is 14.3 Å². The number of amides is 1. The van der Waals surface area contributed by atoms with Crippen molar-refractivity contribution in [2.24, 2.45) is 0 Å². The predicted octanol–water partition coefficient (Wildman–Crippen LogP) is 4.33. The molecule has 1 aromatic carbocycles. The van der Waals surface area contributed by atoms with Crippen LogP contribution in [0.4, 0.5) is 10.3 Å². The van der Waals surface area contributed by atoms with Crippen LogP contribution in [0.5, 0.6) is 0 Å². The van der Waals surface area contributed by atoms with E-state index < -0.39 is 6.04 Å². The van der Waals surface area contributed by atoms with Crippen molar-refractivity contribution in [2.45, 2.75) is 71.1 Å². The van der Waals surface area contributed by atoms with E-state index in [4.69, 9.17) is 4.98 Å². The molecule has 1 unspecified atom stereocenters. The summed E-state index contributed by atoms with van der Waals surface area (Å²) in [5.41, 5.74) is 4.88. The second-order valence-electron chi connectivity index (χ2n) is 9.65. The first kappa shape index (κ1) is 23.5. The maximum absolute atomic E-state index is 14.0. The lowest BCUT2D eigenvalue weighted by Crippen LogP contribution is -2.49. The van der Waals surface area contributed by atoms with Crippen molar-refractivity contribution >= 4 is 11.9 Å². The second-order valence-corrected chi connectivity index (χ2v) is 9.65. The molecule has 184 valence electrons. The molecule has 7 nitrogen and oxygen atoms in total. The van der Waals surface area contributed by atoms with Gasteiger partial charge < -0.3 is 19.9 Å². The Morgan fingerprint density at radius 2 is 2.00 bits per heavy atom. The minimum Gasteiger partial charge on any atom is -0.394 e. The fourth-order valence-electron chi connectivity index (χ4n) is 5.29. The zero-order valence-corrected chi connectivity index (χ0v) is 20.3. The number of nitrogens with zero attached hydrogens (tertiary/aromatic N) is 4. The van der Waals surface area contributed by atoms with Crippen LogP contribution in [0.15, 0.2) is 36.7 Å². The second kappa shape index (κ2) is 9.77. The molecular formula is C27H32FN5O2. The number of aryl methyl sites for hydroxylation is 2. The molecule has 8 heteroatoms. The number of halogens is 1. The summed E-state index contributed by atoms with van der Waals surface area (Å²) in [7, 11) is 0. The summed E-state index contributed by atoms with van der Waals surface area (Å²) >= 11 is 0. The van der Waals surface area contributed by atoms with Crippen molar-refractivity contribution in [3.63, 3.8) is 0 Å². The number of benzene rings is 1. The van der Waals surface area contributed by atoms with Crippen molar-refractivity contribution in [2.75, 3.05) is 11.9 Å². The quantitative estimate of drug-likeness (QED) is 0.529. The summed E-state index contributed by atoms with van der Waals surface area (Å²) in [6.07, 6.45) is 9.20. The number of carbonyl (C=O) groups is 1. The molecular weight excluding hydrogens is 445 g/mol. The molecule has 0 radical (unpaired) electrons. The third-order valence-electron chi connectivity index (χ3n) is 7.26. The third kappa shape index (κ3) is 4.67. The average molecular weight is 478 g/mol. The van der Waals surface area contributed by atoms with Gasteiger partial charge in [-0.25, -0.2) is 14.4 Å². The van der Waals surface area contributed by atoms with E-state index in [9.17, 15) is 14.3 Å². The summed E-state index contributed by atoms with van der Waals surface area (Å²) in [5.74, 6) is 0.110. The highest BCUT2D eigenvalue weighted by molar-refractivity contribution is 5.95. The number of rotatable bonds is 7. The van der Waals surface area contributed by atoms with Crippen LogP contribution < -0.4 is 5.32 Å². The van der Waals surface area contributed by atoms with Crippen LogP contribution >= 0.6 is 0 Å². The molecule has 0 bridgehead atoms. The number of hydrogen-bond donors (Lipinski definition) is 2. The lowest BCUT2D eigenvalue weighted by molar-refractivity contribution is 0.0460. The number of hydrogen-bond acceptors (Lipinski definition) is 5. The van der Waals surface area contributed by atoms with E-state index >= 15 is 0 Å². The van der Waals surface area contributed by atoms with Crippen LogP contribution in [0.25, 0.3) is 11.3 Å². The van der Waals surface area contributed by atoms with Crippen LogP contribution in [0.1, 0.15) is 59.8 Å². The van der Waals surface area contributed by atoms with Gasteiger partial charge in [0.25, 0.3) is 5.91 Å². The number of fused-ring (bicyclic) bond motifs is 1. The molecule has 2 aliphatic rings. The molecule has 0 spiro atoms. The first-order chi connectivity index (χ1) is 17.0. The van der Waals surface area contributed by atoms with Crippen LogP contribution in [-0.4, -0.2) is 49.1 Å². The average Bonchev–Trinajstić information content (AvgIpc) is 3.52. The Labute approximate surface area is 205 Å². The molecule has 35 heavy (non-hydrogen) atoms. The van der Waals surface area contributed by atoms with Gasteiger partial charge in [-0.3, -0.25) is 4.79 Å². The van der Waals surface area contributed by atoms with Gasteiger partial charge in [0.2, 0.25) is 5.95 Å². The number of aliphatic hydroxyl groups excluding tert-OH is 1. The number of aliphatic hydroxyl groups is 1. The van der Waals surface area contributed by atoms with Crippen LogP contribution in [0.2, 0.25) is 0 Å². The maximum Gasteiger partial charge on any atom is 0.271 e. The zero-order valence-electron chi connectivity index (χ0n) is 20.3. The van der Waals surface area contributed by atoms with Gasteiger partial charge in [-0.1, -0.05) is 25.8 Å². The summed E-state index contributed by atoms with van der Waals surface area (Å²) in [6.45, 7) is 4.53. The van der Waals surface area contributed by atoms with Gasteiger partial charge >= 0.3 is 0 Å². The Morgan fingerprint density at radius 1 is 1.20 bits per heavy atom. The van der Waals surface area contributed by atoms with Crippen molar-refractivity contribution in [1.29, 1.82) is 0 Å². The van der Waals surface area contributed by atoms with E-state index in [2.05, 4.69) is 10.3 Å². The third-order valence-corrected chi connectivity index (χ3v) is 7.26. The number of anilines is 1. The molecule has 1 aliphatic heterocycles. The molecule has 0 saturated heterocycles. The number of aromatic nitrogens is 3. The van der Waals surface area contributed by atoms with Gasteiger partial charge in [0.15, 0.2) is 0 Å². The Bertz CT molecular complexity index is 1230. The summed E-state index contributed by atoms with van der Waals surface area (Å²) < 4.78 is 15.9. The van der Waals surface area contributed by atoms with E-state index in [0.29, 0.717) is 24.2 Å². The van der Waals surface area contributed by atoms with Crippen LogP contribution in [0, 0.1) is 12.7 Å². The first-order valence-corrected chi connectivity index (χ1v) is 12.5. The van der Waals surface area contributed by atoms with E-state index in [0.717, 1.165) is 47.2 Å². The highest BCUT2D eigenvalue weighted by Gasteiger charge is 2.33. The molecule has 5 rings (SSSR count). The summed E-state index contributed by atoms with van der Waals surface area (Å²) in [6, 6.07) is 6.58. The molecule has 1 atom stereocenters. The smallest absolute Gasteiger partial charge is 0.271 e. The molecule has 2 aromatic heterocycles. The van der Waals surface area contributed by atoms with E-state index in [1.54, 1.807) is 11.0 Å². The standard InChI is InChI=1S/C27H32FN5O2/c1-3-18-8-9-21(28)10-19(18)14-33-23(16-34)15-32-13-20(11-24(32)26(33)35)25-17(2)12-29-27(31-25)30-22-6-4-5-7-22/h8-13,22-23,34H,3-7,14-16H2,1-2H3,(H,29,30,31). The molecule has 1 saturated carbocycles. The van der Waals surface area contributed by atoms with Crippen molar-refractivity contribution in [3.8, 4) is 11.3 Å². The van der Waals surface area contributed by atoms with Crippen LogP contribution in [0.3, 0.4) is 0 Å². The Balaban J connectivity index is 1.44. The number of carbonyl (C=O) groups excluding carboxylic acids is 1. The van der Waals surface area contributed by atoms with Crippen molar-refractivity contribution in [3.05, 3.63) is 64.9 Å². The molecule has 1 amide bonds. The highest BCUT2D eigenvalue weighted by atomic mass is 19.1. The lowest BCUT2D eigenvalue weighted by Gasteiger charge is -2.36. The SMILES string of the molecule is CCc1ccc(F)cc1CN1C(=O)c2cc(-c3nc(NC4CCCC4)ncc3C)cn2CC1CO. The van der Waals surface area contributed by atoms with E-state index in [1.165, 1.54) is 25.0 Å². The molecule has 3 heterocycles. The van der Waals surface area contributed by atoms with Gasteiger partial charge in [-0.05, 0) is 61.1 Å². The fourth-order valence-corrected chi connectivity index (χ4v) is 5.29.